The molecule has 0 aromatic heterocycles. The van der Waals surface area contributed by atoms with Gasteiger partial charge in [0.25, 0.3) is 0 Å². The van der Waals surface area contributed by atoms with Crippen molar-refractivity contribution in [2.45, 2.75) is 46.2 Å². The molecule has 0 fully saturated rings. The van der Waals surface area contributed by atoms with E-state index in [1.54, 1.807) is 0 Å². The lowest BCUT2D eigenvalue weighted by molar-refractivity contribution is 0.333. The molecule has 0 radical (unpaired) electrons. The third-order valence-corrected chi connectivity index (χ3v) is 9.00. The van der Waals surface area contributed by atoms with Gasteiger partial charge in [-0.1, -0.05) is 34.6 Å². The zero-order chi connectivity index (χ0) is 10.2. The van der Waals surface area contributed by atoms with Gasteiger partial charge in [-0.2, -0.15) is 0 Å². The number of hydrogen-bond donors (Lipinski definition) is 0. The normalized spacial score (nSPS) is 14.9. The van der Waals surface area contributed by atoms with E-state index in [0.29, 0.717) is 0 Å². The van der Waals surface area contributed by atoms with Gasteiger partial charge in [-0.15, -0.1) is 0 Å². The molecule has 0 aromatic carbocycles. The van der Waals surface area contributed by atoms with Crippen molar-refractivity contribution in [2.75, 3.05) is 0 Å². The largest absolute Gasteiger partial charge is 0.299 e. The minimum atomic E-state index is -2.34. The van der Waals surface area contributed by atoms with E-state index < -0.39 is 4.55 Å². The highest BCUT2D eigenvalue weighted by Gasteiger charge is 2.38. The molecule has 74 valence electrons. The highest BCUT2D eigenvalue weighted by atomic mass is 79.9. The summed E-state index contributed by atoms with van der Waals surface area (Å²) in [6.07, 6.45) is 0.924. The lowest BCUT2D eigenvalue weighted by Crippen LogP contribution is -2.23. The molecular formula is C8H17Br2OP. The summed E-state index contributed by atoms with van der Waals surface area (Å²) < 4.78 is 9.41. The van der Waals surface area contributed by atoms with Crippen LogP contribution in [-0.2, 0) is 4.57 Å². The van der Waals surface area contributed by atoms with E-state index in [-0.39, 0.29) is 10.6 Å². The second-order valence-electron chi connectivity index (χ2n) is 5.01. The van der Waals surface area contributed by atoms with E-state index in [4.69, 9.17) is 0 Å². The third kappa shape index (κ3) is 4.43. The fourth-order valence-corrected chi connectivity index (χ4v) is 2.80. The van der Waals surface area contributed by atoms with Crippen molar-refractivity contribution in [3.8, 4) is 0 Å². The maximum Gasteiger partial charge on any atom is 0.213 e. The summed E-state index contributed by atoms with van der Waals surface area (Å²) in [4.78, 5) is 0. The van der Waals surface area contributed by atoms with Crippen molar-refractivity contribution in [2.24, 2.45) is 5.41 Å². The molecule has 0 aliphatic carbocycles. The van der Waals surface area contributed by atoms with E-state index in [0.717, 1.165) is 6.42 Å². The molecule has 0 aliphatic heterocycles. The number of halogens is 2. The molecule has 0 saturated heterocycles. The van der Waals surface area contributed by atoms with Gasteiger partial charge in [-0.25, -0.2) is 0 Å². The predicted octanol–water partition coefficient (Wildman–Crippen LogP) is 5.18. The van der Waals surface area contributed by atoms with Crippen molar-refractivity contribution in [3.63, 3.8) is 0 Å². The van der Waals surface area contributed by atoms with Gasteiger partial charge in [0.1, 0.15) is 0 Å². The second kappa shape index (κ2) is 3.74. The van der Waals surface area contributed by atoms with Gasteiger partial charge in [-0.05, 0) is 42.8 Å². The van der Waals surface area contributed by atoms with E-state index in [1.165, 1.54) is 0 Å². The molecule has 0 amide bonds. The van der Waals surface area contributed by atoms with E-state index in [2.05, 4.69) is 51.7 Å². The van der Waals surface area contributed by atoms with Gasteiger partial charge >= 0.3 is 0 Å². The summed E-state index contributed by atoms with van der Waals surface area (Å²) >= 11 is 6.45. The molecule has 0 saturated carbocycles. The predicted molar refractivity (Wildman–Crippen MR) is 63.6 cm³/mol. The fourth-order valence-electron chi connectivity index (χ4n) is 1.39. The summed E-state index contributed by atoms with van der Waals surface area (Å²) in [6.45, 7) is 10.5. The third-order valence-electron chi connectivity index (χ3n) is 1.67. The molecule has 0 bridgehead atoms. The Kier molecular flexibility index (Phi) is 4.12. The van der Waals surface area contributed by atoms with E-state index >= 15 is 0 Å². The highest BCUT2D eigenvalue weighted by Crippen LogP contribution is 2.72. The first-order valence-corrected chi connectivity index (χ1v) is 9.70. The van der Waals surface area contributed by atoms with Crippen LogP contribution in [0.3, 0.4) is 0 Å². The van der Waals surface area contributed by atoms with Crippen LogP contribution in [0, 0.1) is 5.41 Å². The lowest BCUT2D eigenvalue weighted by Gasteiger charge is -2.33. The van der Waals surface area contributed by atoms with Crippen LogP contribution in [0.5, 0.6) is 0 Å². The van der Waals surface area contributed by atoms with Crippen molar-refractivity contribution in [1.29, 1.82) is 0 Å². The lowest BCUT2D eigenvalue weighted by atomic mass is 9.86. The molecule has 1 nitrogen and oxygen atoms in total. The Morgan fingerprint density at radius 2 is 1.42 bits per heavy atom. The van der Waals surface area contributed by atoms with Crippen LogP contribution < -0.4 is 0 Å². The first kappa shape index (κ1) is 13.2. The maximum absolute atomic E-state index is 11.7. The molecule has 0 heterocycles. The smallest absolute Gasteiger partial charge is 0.213 e. The van der Waals surface area contributed by atoms with Gasteiger partial charge in [0.15, 0.2) is 0 Å². The number of hydrogen-bond acceptors (Lipinski definition) is 1. The zero-order valence-corrected chi connectivity index (χ0v) is 12.4. The van der Waals surface area contributed by atoms with Crippen molar-refractivity contribution in [3.05, 3.63) is 0 Å². The van der Waals surface area contributed by atoms with Crippen LogP contribution in [0.25, 0.3) is 0 Å². The second-order valence-corrected chi connectivity index (χ2v) is 16.0. The molecular weight excluding hydrogens is 303 g/mol. The topological polar surface area (TPSA) is 17.1 Å². The Morgan fingerprint density at radius 3 is 1.50 bits per heavy atom. The summed E-state index contributed by atoms with van der Waals surface area (Å²) in [5.74, 6) is 0. The van der Waals surface area contributed by atoms with E-state index in [9.17, 15) is 4.57 Å². The average molecular weight is 320 g/mol. The monoisotopic (exact) mass is 318 g/mol. The van der Waals surface area contributed by atoms with Crippen LogP contribution in [0.15, 0.2) is 0 Å². The summed E-state index contributed by atoms with van der Waals surface area (Å²) in [6, 6.07) is 0. The fraction of sp³-hybridized carbons (Fsp3) is 1.00. The molecule has 0 rings (SSSR count). The standard InChI is InChI=1S/C8H17Br2OP/c1-7(2,3)6-8(4,5)12(9,10)11/h6H2,1-5H3. The van der Waals surface area contributed by atoms with E-state index in [1.807, 2.05) is 13.8 Å². The Bertz CT molecular complexity index is 200. The first-order chi connectivity index (χ1) is 4.96. The molecule has 0 aliphatic rings. The first-order valence-electron chi connectivity index (χ1n) is 3.95. The van der Waals surface area contributed by atoms with Gasteiger partial charge in [0, 0.05) is 5.16 Å². The van der Waals surface area contributed by atoms with Crippen LogP contribution in [-0.4, -0.2) is 5.16 Å². The summed E-state index contributed by atoms with van der Waals surface area (Å²) in [5, 5.41) is -0.189. The minimum Gasteiger partial charge on any atom is -0.299 e. The highest BCUT2D eigenvalue weighted by molar-refractivity contribution is 9.70. The van der Waals surface area contributed by atoms with Crippen molar-refractivity contribution >= 4 is 35.5 Å². The van der Waals surface area contributed by atoms with Crippen LogP contribution in [0.1, 0.15) is 41.0 Å². The van der Waals surface area contributed by atoms with Gasteiger partial charge in [0.05, 0.1) is 0 Å². The van der Waals surface area contributed by atoms with Gasteiger partial charge in [0.2, 0.25) is 4.55 Å². The Balaban J connectivity index is 4.56. The zero-order valence-electron chi connectivity index (χ0n) is 8.32. The molecule has 12 heavy (non-hydrogen) atoms. The average Bonchev–Trinajstić information content (AvgIpc) is 1.52. The van der Waals surface area contributed by atoms with Gasteiger partial charge in [-0.3, -0.25) is 4.57 Å². The Hall–Kier alpha value is 1.19. The van der Waals surface area contributed by atoms with Crippen LogP contribution in [0.2, 0.25) is 0 Å². The maximum atomic E-state index is 11.7. The SMILES string of the molecule is CC(C)(C)CC(C)(C)P(=O)(Br)Br. The molecule has 0 spiro atoms. The Morgan fingerprint density at radius 1 is 1.08 bits per heavy atom. The van der Waals surface area contributed by atoms with Crippen LogP contribution >= 0.6 is 35.5 Å². The molecule has 4 heteroatoms. The Labute approximate surface area is 91.5 Å². The molecule has 0 unspecified atom stereocenters. The van der Waals surface area contributed by atoms with Crippen molar-refractivity contribution in [1.82, 2.24) is 0 Å². The number of rotatable bonds is 2. The molecule has 0 atom stereocenters. The quantitative estimate of drug-likeness (QED) is 0.640. The molecule has 0 N–H and O–H groups in total. The van der Waals surface area contributed by atoms with Crippen molar-refractivity contribution < 1.29 is 4.57 Å². The van der Waals surface area contributed by atoms with Gasteiger partial charge < -0.3 is 0 Å². The van der Waals surface area contributed by atoms with Crippen LogP contribution in [0.4, 0.5) is 0 Å². The minimum absolute atomic E-state index is 0.189. The summed E-state index contributed by atoms with van der Waals surface area (Å²) in [7, 11) is 0. The molecule has 0 aromatic rings. The summed E-state index contributed by atoms with van der Waals surface area (Å²) in [5.41, 5.74) is 0.209.